The molecule has 0 aliphatic rings. The Bertz CT molecular complexity index is 752. The van der Waals surface area contributed by atoms with E-state index in [0.717, 1.165) is 38.5 Å². The number of carbonyl (C=O) groups is 2. The number of carbonyl (C=O) groups excluding carboxylic acids is 2. The summed E-state index contributed by atoms with van der Waals surface area (Å²) >= 11 is 0. The number of rotatable bonds is 37. The topological polar surface area (TPSA) is 111 Å². The van der Waals surface area contributed by atoms with Gasteiger partial charge in [-0.1, -0.05) is 168 Å². The van der Waals surface area contributed by atoms with Crippen molar-refractivity contribution in [2.75, 3.05) is 33.0 Å². The van der Waals surface area contributed by atoms with Gasteiger partial charge in [0.1, 0.15) is 6.61 Å². The molecule has 2 atom stereocenters. The lowest BCUT2D eigenvalue weighted by molar-refractivity contribution is -0.161. The molecular formula is C38H76NO7P. The van der Waals surface area contributed by atoms with E-state index in [1.54, 1.807) is 7.05 Å². The largest absolute Gasteiger partial charge is 0.462 e. The van der Waals surface area contributed by atoms with Crippen LogP contribution in [0.15, 0.2) is 0 Å². The van der Waals surface area contributed by atoms with Gasteiger partial charge in [0.25, 0.3) is 0 Å². The first-order valence-electron chi connectivity index (χ1n) is 19.8. The Hall–Kier alpha value is -0.950. The maximum Gasteiger partial charge on any atom is 0.329 e. The van der Waals surface area contributed by atoms with Crippen LogP contribution in [0, 0.1) is 0 Å². The molecular weight excluding hydrogens is 613 g/mol. The highest BCUT2D eigenvalue weighted by Crippen LogP contribution is 2.41. The number of ether oxygens (including phenoxy) is 2. The Balaban J connectivity index is 4.18. The highest BCUT2D eigenvalue weighted by Gasteiger charge is 2.24. The highest BCUT2D eigenvalue weighted by atomic mass is 31.2. The van der Waals surface area contributed by atoms with E-state index < -0.39 is 19.7 Å². The predicted octanol–water partition coefficient (Wildman–Crippen LogP) is 10.8. The maximum atomic E-state index is 12.5. The van der Waals surface area contributed by atoms with Crippen molar-refractivity contribution in [1.29, 1.82) is 0 Å². The third kappa shape index (κ3) is 34.7. The fraction of sp³-hybridized carbons (Fsp3) is 0.947. The lowest BCUT2D eigenvalue weighted by atomic mass is 10.0. The van der Waals surface area contributed by atoms with E-state index in [-0.39, 0.29) is 31.8 Å². The van der Waals surface area contributed by atoms with Crippen molar-refractivity contribution in [3.05, 3.63) is 0 Å². The molecule has 0 radical (unpaired) electrons. The van der Waals surface area contributed by atoms with E-state index in [4.69, 9.17) is 14.0 Å². The molecule has 0 saturated carbocycles. The van der Waals surface area contributed by atoms with Crippen molar-refractivity contribution in [3.8, 4) is 0 Å². The van der Waals surface area contributed by atoms with E-state index in [0.29, 0.717) is 13.0 Å². The smallest absolute Gasteiger partial charge is 0.329 e. The van der Waals surface area contributed by atoms with Crippen LogP contribution in [-0.2, 0) is 28.2 Å². The van der Waals surface area contributed by atoms with Gasteiger partial charge in [0.15, 0.2) is 6.10 Å². The standard InChI is InChI=1S/C38H76NO7P/c1-4-6-8-10-12-14-16-18-20-22-24-26-28-30-37(40)44-34-36(35-45-47(42,43)33-32-39-3)46-38(41)31-29-27-25-23-21-19-17-15-13-11-9-7-5-2/h36,39H,4-35H2,1-3H3,(H,42,43)/t36-/m1/s1. The van der Waals surface area contributed by atoms with E-state index in [2.05, 4.69) is 19.2 Å². The Morgan fingerprint density at radius 3 is 1.32 bits per heavy atom. The maximum absolute atomic E-state index is 12.5. The third-order valence-electron chi connectivity index (χ3n) is 8.80. The normalized spacial score (nSPS) is 13.4. The van der Waals surface area contributed by atoms with Gasteiger partial charge in [0.2, 0.25) is 0 Å². The minimum atomic E-state index is -3.84. The molecule has 0 spiro atoms. The van der Waals surface area contributed by atoms with Gasteiger partial charge in [0.05, 0.1) is 12.8 Å². The van der Waals surface area contributed by atoms with Crippen LogP contribution < -0.4 is 5.32 Å². The fourth-order valence-electron chi connectivity index (χ4n) is 5.71. The van der Waals surface area contributed by atoms with E-state index in [9.17, 15) is 19.0 Å². The number of hydrogen-bond donors (Lipinski definition) is 2. The molecule has 0 heterocycles. The third-order valence-corrected chi connectivity index (χ3v) is 10.1. The van der Waals surface area contributed by atoms with Crippen molar-refractivity contribution in [1.82, 2.24) is 5.32 Å². The number of unbranched alkanes of at least 4 members (excludes halogenated alkanes) is 24. The summed E-state index contributed by atoms with van der Waals surface area (Å²) in [5.74, 6) is -0.731. The SMILES string of the molecule is CCCCCCCCCCCCCCCC(=O)OC[C@H](COP(=O)(O)CCNC)OC(=O)CCCCCCCCCCCCCCC. The molecule has 0 aromatic rings. The Morgan fingerprint density at radius 2 is 0.936 bits per heavy atom. The molecule has 280 valence electrons. The van der Waals surface area contributed by atoms with Gasteiger partial charge in [-0.15, -0.1) is 0 Å². The quantitative estimate of drug-likeness (QED) is 0.0377. The average molecular weight is 690 g/mol. The second-order valence-electron chi connectivity index (χ2n) is 13.5. The molecule has 0 amide bonds. The Morgan fingerprint density at radius 1 is 0.574 bits per heavy atom. The minimum Gasteiger partial charge on any atom is -0.462 e. The Labute approximate surface area is 290 Å². The average Bonchev–Trinajstić information content (AvgIpc) is 3.05. The van der Waals surface area contributed by atoms with Crippen LogP contribution in [0.3, 0.4) is 0 Å². The fourth-order valence-corrected chi connectivity index (χ4v) is 6.74. The summed E-state index contributed by atoms with van der Waals surface area (Å²) in [6.45, 7) is 4.37. The molecule has 8 nitrogen and oxygen atoms in total. The molecule has 0 fully saturated rings. The van der Waals surface area contributed by atoms with Crippen molar-refractivity contribution in [2.24, 2.45) is 0 Å². The minimum absolute atomic E-state index is 0.0536. The van der Waals surface area contributed by atoms with Gasteiger partial charge < -0.3 is 24.2 Å². The zero-order valence-corrected chi connectivity index (χ0v) is 31.9. The lowest BCUT2D eigenvalue weighted by Gasteiger charge is -2.20. The second kappa shape index (κ2) is 34.9. The molecule has 0 bridgehead atoms. The second-order valence-corrected chi connectivity index (χ2v) is 15.5. The van der Waals surface area contributed by atoms with E-state index in [1.807, 2.05) is 0 Å². The predicted molar refractivity (Wildman–Crippen MR) is 196 cm³/mol. The summed E-state index contributed by atoms with van der Waals surface area (Å²) in [5.41, 5.74) is 0. The van der Waals surface area contributed by atoms with Crippen LogP contribution in [0.1, 0.15) is 194 Å². The summed E-state index contributed by atoms with van der Waals surface area (Å²) < 4.78 is 28.5. The van der Waals surface area contributed by atoms with Gasteiger partial charge in [-0.2, -0.15) is 0 Å². The number of nitrogens with one attached hydrogen (secondary N) is 1. The number of hydrogen-bond acceptors (Lipinski definition) is 7. The summed E-state index contributed by atoms with van der Waals surface area (Å²) in [5, 5.41) is 2.83. The van der Waals surface area contributed by atoms with Crippen molar-refractivity contribution >= 4 is 19.5 Å². The Kier molecular flexibility index (Phi) is 34.2. The van der Waals surface area contributed by atoms with Crippen LogP contribution in [0.2, 0.25) is 0 Å². The first kappa shape index (κ1) is 46.0. The first-order chi connectivity index (χ1) is 22.8. The van der Waals surface area contributed by atoms with Gasteiger partial charge in [0, 0.05) is 19.4 Å². The summed E-state index contributed by atoms with van der Waals surface area (Å²) in [6, 6.07) is 0. The van der Waals surface area contributed by atoms with Gasteiger partial charge in [-0.05, 0) is 19.9 Å². The highest BCUT2D eigenvalue weighted by molar-refractivity contribution is 7.52. The van der Waals surface area contributed by atoms with Crippen molar-refractivity contribution < 1.29 is 33.0 Å². The zero-order valence-electron chi connectivity index (χ0n) is 31.0. The van der Waals surface area contributed by atoms with Gasteiger partial charge in [-0.25, -0.2) is 0 Å². The molecule has 47 heavy (non-hydrogen) atoms. The molecule has 0 aromatic carbocycles. The first-order valence-corrected chi connectivity index (χ1v) is 21.6. The van der Waals surface area contributed by atoms with Crippen molar-refractivity contribution in [2.45, 2.75) is 200 Å². The van der Waals surface area contributed by atoms with Crippen LogP contribution in [0.4, 0.5) is 0 Å². The van der Waals surface area contributed by atoms with Crippen LogP contribution in [-0.4, -0.2) is 55.9 Å². The molecule has 2 N–H and O–H groups in total. The van der Waals surface area contributed by atoms with E-state index in [1.165, 1.54) is 128 Å². The van der Waals surface area contributed by atoms with Crippen molar-refractivity contribution in [3.63, 3.8) is 0 Å². The molecule has 0 aromatic heterocycles. The van der Waals surface area contributed by atoms with E-state index >= 15 is 0 Å². The van der Waals surface area contributed by atoms with Gasteiger partial charge >= 0.3 is 19.5 Å². The molecule has 9 heteroatoms. The summed E-state index contributed by atoms with van der Waals surface area (Å²) in [7, 11) is -2.15. The molecule has 1 unspecified atom stereocenters. The van der Waals surface area contributed by atoms with Crippen LogP contribution in [0.25, 0.3) is 0 Å². The zero-order chi connectivity index (χ0) is 34.7. The molecule has 0 aliphatic carbocycles. The van der Waals surface area contributed by atoms with Crippen LogP contribution >= 0.6 is 7.60 Å². The van der Waals surface area contributed by atoms with Crippen LogP contribution in [0.5, 0.6) is 0 Å². The summed E-state index contributed by atoms with van der Waals surface area (Å²) in [6.07, 6.45) is 31.7. The van der Waals surface area contributed by atoms with Gasteiger partial charge in [-0.3, -0.25) is 14.2 Å². The molecule has 0 saturated heterocycles. The lowest BCUT2D eigenvalue weighted by Crippen LogP contribution is -2.29. The molecule has 0 rings (SSSR count). The summed E-state index contributed by atoms with van der Waals surface area (Å²) in [4.78, 5) is 35.0. The molecule has 0 aliphatic heterocycles. The number of esters is 2. The monoisotopic (exact) mass is 690 g/mol.